The van der Waals surface area contributed by atoms with Crippen molar-refractivity contribution < 1.29 is 14.0 Å². The van der Waals surface area contributed by atoms with Crippen molar-refractivity contribution in [1.82, 2.24) is 10.2 Å². The van der Waals surface area contributed by atoms with E-state index in [0.717, 1.165) is 36.1 Å². The van der Waals surface area contributed by atoms with Crippen LogP contribution in [0.5, 0.6) is 0 Å². The standard InChI is InChI=1S/C25H31FN2O2S/c1-3-23(25(30)27-21-6-4-5-7-21)28(16-19-10-12-20(26)13-11-19)24(29)17-31-22-14-8-18(2)9-15-22/h8-15,21,23H,3-7,16-17H2,1-2H3,(H,27,30)/t23-/m1/s1. The van der Waals surface area contributed by atoms with Crippen LogP contribution < -0.4 is 5.32 Å². The number of amides is 2. The summed E-state index contributed by atoms with van der Waals surface area (Å²) >= 11 is 1.47. The second kappa shape index (κ2) is 11.3. The SMILES string of the molecule is CC[C@H](C(=O)NC1CCCC1)N(Cc1ccc(F)cc1)C(=O)CSc1ccc(C)cc1. The molecule has 0 aromatic heterocycles. The molecule has 0 saturated heterocycles. The normalized spacial score (nSPS) is 14.9. The summed E-state index contributed by atoms with van der Waals surface area (Å²) in [5.41, 5.74) is 1.98. The minimum atomic E-state index is -0.545. The lowest BCUT2D eigenvalue weighted by Crippen LogP contribution is -2.51. The van der Waals surface area contributed by atoms with Crippen LogP contribution in [-0.4, -0.2) is 34.6 Å². The minimum Gasteiger partial charge on any atom is -0.352 e. The van der Waals surface area contributed by atoms with Gasteiger partial charge in [-0.15, -0.1) is 11.8 Å². The molecule has 31 heavy (non-hydrogen) atoms. The van der Waals surface area contributed by atoms with E-state index in [0.29, 0.717) is 6.42 Å². The van der Waals surface area contributed by atoms with Crippen molar-refractivity contribution in [1.29, 1.82) is 0 Å². The highest BCUT2D eigenvalue weighted by Gasteiger charge is 2.30. The van der Waals surface area contributed by atoms with Crippen molar-refractivity contribution in [3.63, 3.8) is 0 Å². The third kappa shape index (κ3) is 6.82. The van der Waals surface area contributed by atoms with Gasteiger partial charge in [-0.2, -0.15) is 0 Å². The molecule has 0 radical (unpaired) electrons. The van der Waals surface area contributed by atoms with Crippen LogP contribution in [0.15, 0.2) is 53.4 Å². The van der Waals surface area contributed by atoms with Gasteiger partial charge in [0.2, 0.25) is 11.8 Å². The Hall–Kier alpha value is -2.34. The van der Waals surface area contributed by atoms with Gasteiger partial charge in [-0.05, 0) is 56.0 Å². The monoisotopic (exact) mass is 442 g/mol. The highest BCUT2D eigenvalue weighted by molar-refractivity contribution is 8.00. The number of nitrogens with one attached hydrogen (secondary N) is 1. The molecule has 2 aromatic carbocycles. The zero-order valence-corrected chi connectivity index (χ0v) is 19.1. The van der Waals surface area contributed by atoms with Gasteiger partial charge in [0.1, 0.15) is 11.9 Å². The predicted molar refractivity (Wildman–Crippen MR) is 123 cm³/mol. The van der Waals surface area contributed by atoms with E-state index in [1.807, 2.05) is 38.1 Å². The van der Waals surface area contributed by atoms with Crippen LogP contribution in [0.2, 0.25) is 0 Å². The van der Waals surface area contributed by atoms with Gasteiger partial charge in [-0.25, -0.2) is 4.39 Å². The maximum atomic E-state index is 13.4. The molecular formula is C25H31FN2O2S. The van der Waals surface area contributed by atoms with Crippen LogP contribution in [0.1, 0.15) is 50.2 Å². The number of hydrogen-bond donors (Lipinski definition) is 1. The first-order chi connectivity index (χ1) is 15.0. The Morgan fingerprint density at radius 1 is 1.10 bits per heavy atom. The highest BCUT2D eigenvalue weighted by atomic mass is 32.2. The second-order valence-corrected chi connectivity index (χ2v) is 9.21. The second-order valence-electron chi connectivity index (χ2n) is 8.16. The topological polar surface area (TPSA) is 49.4 Å². The molecule has 0 unspecified atom stereocenters. The number of aryl methyl sites for hydroxylation is 1. The summed E-state index contributed by atoms with van der Waals surface area (Å²) in [7, 11) is 0. The van der Waals surface area contributed by atoms with E-state index in [-0.39, 0.29) is 36.0 Å². The Labute approximate surface area is 188 Å². The molecule has 2 amide bonds. The average Bonchev–Trinajstić information content (AvgIpc) is 3.27. The number of hydrogen-bond acceptors (Lipinski definition) is 3. The van der Waals surface area contributed by atoms with E-state index in [9.17, 15) is 14.0 Å². The van der Waals surface area contributed by atoms with Crippen LogP contribution in [0.3, 0.4) is 0 Å². The summed E-state index contributed by atoms with van der Waals surface area (Å²) < 4.78 is 13.4. The van der Waals surface area contributed by atoms with Crippen LogP contribution in [0.4, 0.5) is 4.39 Å². The summed E-state index contributed by atoms with van der Waals surface area (Å²) in [6.45, 7) is 4.24. The third-order valence-corrected chi connectivity index (χ3v) is 6.73. The third-order valence-electron chi connectivity index (χ3n) is 5.74. The van der Waals surface area contributed by atoms with E-state index in [1.54, 1.807) is 17.0 Å². The van der Waals surface area contributed by atoms with Gasteiger partial charge >= 0.3 is 0 Å². The Bertz CT molecular complexity index is 864. The number of rotatable bonds is 9. The van der Waals surface area contributed by atoms with Crippen molar-refractivity contribution in [3.8, 4) is 0 Å². The molecule has 0 heterocycles. The minimum absolute atomic E-state index is 0.0924. The zero-order valence-electron chi connectivity index (χ0n) is 18.3. The van der Waals surface area contributed by atoms with Crippen LogP contribution in [0.25, 0.3) is 0 Å². The summed E-state index contributed by atoms with van der Waals surface area (Å²) in [6, 6.07) is 13.8. The summed E-state index contributed by atoms with van der Waals surface area (Å²) in [5, 5.41) is 3.14. The Morgan fingerprint density at radius 3 is 2.35 bits per heavy atom. The van der Waals surface area contributed by atoms with E-state index in [2.05, 4.69) is 5.32 Å². The van der Waals surface area contributed by atoms with E-state index in [1.165, 1.54) is 29.5 Å². The Balaban J connectivity index is 1.74. The van der Waals surface area contributed by atoms with E-state index >= 15 is 0 Å². The molecule has 1 aliphatic rings. The summed E-state index contributed by atoms with van der Waals surface area (Å²) in [6.07, 6.45) is 4.79. The van der Waals surface area contributed by atoms with Crippen molar-refractivity contribution in [2.45, 2.75) is 69.5 Å². The van der Waals surface area contributed by atoms with E-state index in [4.69, 9.17) is 0 Å². The van der Waals surface area contributed by atoms with Gasteiger partial charge in [-0.1, -0.05) is 49.6 Å². The fraction of sp³-hybridized carbons (Fsp3) is 0.440. The lowest BCUT2D eigenvalue weighted by Gasteiger charge is -2.31. The first kappa shape index (κ1) is 23.3. The Kier molecular flexibility index (Phi) is 8.52. The number of halogens is 1. The van der Waals surface area contributed by atoms with Crippen LogP contribution in [-0.2, 0) is 16.1 Å². The molecule has 0 bridgehead atoms. The molecule has 4 nitrogen and oxygen atoms in total. The van der Waals surface area contributed by atoms with Gasteiger partial charge in [0.15, 0.2) is 0 Å². The molecule has 166 valence electrons. The molecule has 6 heteroatoms. The van der Waals surface area contributed by atoms with E-state index < -0.39 is 6.04 Å². The summed E-state index contributed by atoms with van der Waals surface area (Å²) in [4.78, 5) is 29.0. The molecule has 1 saturated carbocycles. The Morgan fingerprint density at radius 2 is 1.74 bits per heavy atom. The first-order valence-corrected chi connectivity index (χ1v) is 12.0. The van der Waals surface area contributed by atoms with Crippen LogP contribution >= 0.6 is 11.8 Å². The molecule has 1 fully saturated rings. The van der Waals surface area contributed by atoms with Crippen molar-refractivity contribution in [2.75, 3.05) is 5.75 Å². The van der Waals surface area contributed by atoms with Gasteiger partial charge in [-0.3, -0.25) is 9.59 Å². The maximum Gasteiger partial charge on any atom is 0.243 e. The molecule has 3 rings (SSSR count). The zero-order chi connectivity index (χ0) is 22.2. The van der Waals surface area contributed by atoms with Crippen LogP contribution in [0, 0.1) is 12.7 Å². The number of carbonyl (C=O) groups is 2. The largest absolute Gasteiger partial charge is 0.352 e. The lowest BCUT2D eigenvalue weighted by molar-refractivity contribution is -0.139. The lowest BCUT2D eigenvalue weighted by atomic mass is 10.1. The van der Waals surface area contributed by atoms with Gasteiger partial charge in [0.05, 0.1) is 5.75 Å². The fourth-order valence-electron chi connectivity index (χ4n) is 3.94. The van der Waals surface area contributed by atoms with Crippen molar-refractivity contribution >= 4 is 23.6 Å². The highest BCUT2D eigenvalue weighted by Crippen LogP contribution is 2.22. The average molecular weight is 443 g/mol. The molecule has 2 aromatic rings. The molecule has 1 atom stereocenters. The summed E-state index contributed by atoms with van der Waals surface area (Å²) in [5.74, 6) is -0.256. The molecule has 0 spiro atoms. The van der Waals surface area contributed by atoms with Gasteiger partial charge in [0, 0.05) is 17.5 Å². The van der Waals surface area contributed by atoms with Crippen molar-refractivity contribution in [3.05, 3.63) is 65.5 Å². The van der Waals surface area contributed by atoms with Crippen molar-refractivity contribution in [2.24, 2.45) is 0 Å². The maximum absolute atomic E-state index is 13.4. The quantitative estimate of drug-likeness (QED) is 0.550. The van der Waals surface area contributed by atoms with Gasteiger partial charge < -0.3 is 10.2 Å². The number of nitrogens with zero attached hydrogens (tertiary/aromatic N) is 1. The fourth-order valence-corrected chi connectivity index (χ4v) is 4.72. The number of benzene rings is 2. The first-order valence-electron chi connectivity index (χ1n) is 11.0. The molecular weight excluding hydrogens is 411 g/mol. The molecule has 0 aliphatic heterocycles. The number of carbonyl (C=O) groups excluding carboxylic acids is 2. The predicted octanol–water partition coefficient (Wildman–Crippen LogP) is 5.09. The van der Waals surface area contributed by atoms with Gasteiger partial charge in [0.25, 0.3) is 0 Å². The smallest absolute Gasteiger partial charge is 0.243 e. The molecule has 1 N–H and O–H groups in total. The molecule has 1 aliphatic carbocycles. The number of thioether (sulfide) groups is 1.